The Labute approximate surface area is 147 Å². The van der Waals surface area contributed by atoms with Gasteiger partial charge in [0.1, 0.15) is 11.7 Å². The summed E-state index contributed by atoms with van der Waals surface area (Å²) < 4.78 is 11.1. The third kappa shape index (κ3) is 4.47. The zero-order valence-corrected chi connectivity index (χ0v) is 14.6. The molecule has 1 fully saturated rings. The first-order chi connectivity index (χ1) is 12.2. The first kappa shape index (κ1) is 17.2. The first-order valence-electron chi connectivity index (χ1n) is 8.55. The van der Waals surface area contributed by atoms with Crippen molar-refractivity contribution < 1.29 is 14.3 Å². The van der Waals surface area contributed by atoms with Crippen LogP contribution in [0.2, 0.25) is 0 Å². The predicted molar refractivity (Wildman–Crippen MR) is 93.9 cm³/mol. The number of hydrogen-bond acceptors (Lipinski definition) is 5. The number of nitrogens with zero attached hydrogens (tertiary/aromatic N) is 2. The highest BCUT2D eigenvalue weighted by Crippen LogP contribution is 2.24. The van der Waals surface area contributed by atoms with Crippen LogP contribution in [0.25, 0.3) is 0 Å². The molecule has 0 aliphatic heterocycles. The molecule has 1 N–H and O–H groups in total. The summed E-state index contributed by atoms with van der Waals surface area (Å²) in [5, 5.41) is 3.07. The number of ether oxygens (including phenoxy) is 2. The van der Waals surface area contributed by atoms with Gasteiger partial charge in [0.15, 0.2) is 0 Å². The number of aryl methyl sites for hydroxylation is 1. The molecule has 0 spiro atoms. The van der Waals surface area contributed by atoms with E-state index in [4.69, 9.17) is 9.47 Å². The Morgan fingerprint density at radius 1 is 1.16 bits per heavy atom. The van der Waals surface area contributed by atoms with E-state index in [1.165, 1.54) is 7.11 Å². The average Bonchev–Trinajstić information content (AvgIpc) is 2.65. The molecular formula is C19H23N3O3. The minimum Gasteiger partial charge on any atom is -0.480 e. The van der Waals surface area contributed by atoms with Gasteiger partial charge in [-0.3, -0.25) is 4.79 Å². The summed E-state index contributed by atoms with van der Waals surface area (Å²) in [5.74, 6) is 0.871. The molecule has 132 valence electrons. The Balaban J connectivity index is 1.50. The molecule has 0 saturated heterocycles. The number of aromatic nitrogens is 2. The second-order valence-corrected chi connectivity index (χ2v) is 6.30. The molecule has 2 aromatic heterocycles. The Morgan fingerprint density at radius 2 is 1.96 bits per heavy atom. The number of nitrogens with one attached hydrogen (secondary N) is 1. The van der Waals surface area contributed by atoms with Crippen LogP contribution < -0.4 is 14.8 Å². The standard InChI is InChI=1S/C19H23N3O3/c1-13-5-10-17(21-12-13)25-15-8-6-14(7-9-15)22-18(23)16-4-3-11-20-19(16)24-2/h3-5,10-12,14-15H,6-9H2,1-2H3,(H,22,23). The van der Waals surface area contributed by atoms with Gasteiger partial charge < -0.3 is 14.8 Å². The molecule has 6 heteroatoms. The minimum atomic E-state index is -0.144. The van der Waals surface area contributed by atoms with Crippen molar-refractivity contribution in [2.24, 2.45) is 0 Å². The Morgan fingerprint density at radius 3 is 2.64 bits per heavy atom. The van der Waals surface area contributed by atoms with E-state index in [-0.39, 0.29) is 18.1 Å². The number of rotatable bonds is 5. The van der Waals surface area contributed by atoms with E-state index in [0.717, 1.165) is 31.2 Å². The number of amides is 1. The highest BCUT2D eigenvalue weighted by molar-refractivity contribution is 5.96. The number of carbonyl (C=O) groups excluding carboxylic acids is 1. The van der Waals surface area contributed by atoms with E-state index < -0.39 is 0 Å². The number of methoxy groups -OCH3 is 1. The monoisotopic (exact) mass is 341 g/mol. The fourth-order valence-corrected chi connectivity index (χ4v) is 3.01. The summed E-state index contributed by atoms with van der Waals surface area (Å²) >= 11 is 0. The van der Waals surface area contributed by atoms with Gasteiger partial charge in [0.2, 0.25) is 11.8 Å². The molecule has 0 atom stereocenters. The smallest absolute Gasteiger partial charge is 0.256 e. The van der Waals surface area contributed by atoms with E-state index in [0.29, 0.717) is 17.3 Å². The molecule has 0 aromatic carbocycles. The number of carbonyl (C=O) groups is 1. The molecule has 0 radical (unpaired) electrons. The van der Waals surface area contributed by atoms with Gasteiger partial charge in [-0.25, -0.2) is 9.97 Å². The molecule has 2 heterocycles. The van der Waals surface area contributed by atoms with Crippen LogP contribution in [0.3, 0.4) is 0 Å². The normalized spacial score (nSPS) is 19.9. The highest BCUT2D eigenvalue weighted by atomic mass is 16.5. The van der Waals surface area contributed by atoms with E-state index in [9.17, 15) is 4.79 Å². The molecule has 1 aliphatic rings. The van der Waals surface area contributed by atoms with Gasteiger partial charge in [0, 0.05) is 24.5 Å². The SMILES string of the molecule is COc1ncccc1C(=O)NC1CCC(Oc2ccc(C)cn2)CC1. The van der Waals surface area contributed by atoms with E-state index in [1.54, 1.807) is 18.3 Å². The summed E-state index contributed by atoms with van der Waals surface area (Å²) in [6, 6.07) is 7.49. The van der Waals surface area contributed by atoms with Crippen molar-refractivity contribution in [1.82, 2.24) is 15.3 Å². The maximum absolute atomic E-state index is 12.4. The molecule has 3 rings (SSSR count). The Kier molecular flexibility index (Phi) is 5.48. The van der Waals surface area contributed by atoms with Gasteiger partial charge in [-0.2, -0.15) is 0 Å². The molecular weight excluding hydrogens is 318 g/mol. The van der Waals surface area contributed by atoms with Crippen molar-refractivity contribution in [2.45, 2.75) is 44.8 Å². The van der Waals surface area contributed by atoms with Crippen LogP contribution in [0, 0.1) is 6.92 Å². The quantitative estimate of drug-likeness (QED) is 0.905. The van der Waals surface area contributed by atoms with Crippen LogP contribution in [-0.2, 0) is 0 Å². The van der Waals surface area contributed by atoms with Gasteiger partial charge in [0.05, 0.1) is 7.11 Å². The van der Waals surface area contributed by atoms with Crippen molar-refractivity contribution in [3.8, 4) is 11.8 Å². The van der Waals surface area contributed by atoms with Crippen LogP contribution in [0.15, 0.2) is 36.7 Å². The van der Waals surface area contributed by atoms with Crippen molar-refractivity contribution in [3.63, 3.8) is 0 Å². The zero-order valence-electron chi connectivity index (χ0n) is 14.6. The summed E-state index contributed by atoms with van der Waals surface area (Å²) in [6.45, 7) is 2.00. The van der Waals surface area contributed by atoms with Gasteiger partial charge in [-0.05, 0) is 50.3 Å². The van der Waals surface area contributed by atoms with Crippen LogP contribution in [0.5, 0.6) is 11.8 Å². The van der Waals surface area contributed by atoms with E-state index >= 15 is 0 Å². The van der Waals surface area contributed by atoms with Crippen molar-refractivity contribution in [1.29, 1.82) is 0 Å². The van der Waals surface area contributed by atoms with Crippen molar-refractivity contribution in [2.75, 3.05) is 7.11 Å². The first-order valence-corrected chi connectivity index (χ1v) is 8.55. The van der Waals surface area contributed by atoms with Gasteiger partial charge in [-0.15, -0.1) is 0 Å². The molecule has 2 aromatic rings. The maximum Gasteiger partial charge on any atom is 0.256 e. The largest absolute Gasteiger partial charge is 0.480 e. The third-order valence-electron chi connectivity index (χ3n) is 4.39. The summed E-state index contributed by atoms with van der Waals surface area (Å²) in [7, 11) is 1.51. The minimum absolute atomic E-state index is 0.142. The molecule has 0 bridgehead atoms. The Bertz CT molecular complexity index is 710. The predicted octanol–water partition coefficient (Wildman–Crippen LogP) is 2.91. The molecule has 1 amide bonds. The van der Waals surface area contributed by atoms with Crippen molar-refractivity contribution >= 4 is 5.91 Å². The number of pyridine rings is 2. The van der Waals surface area contributed by atoms with Crippen LogP contribution in [0.4, 0.5) is 0 Å². The molecule has 25 heavy (non-hydrogen) atoms. The number of hydrogen-bond donors (Lipinski definition) is 1. The molecule has 1 aliphatic carbocycles. The second-order valence-electron chi connectivity index (χ2n) is 6.30. The Hall–Kier alpha value is -2.63. The molecule has 6 nitrogen and oxygen atoms in total. The van der Waals surface area contributed by atoms with Crippen LogP contribution >= 0.6 is 0 Å². The van der Waals surface area contributed by atoms with E-state index in [1.807, 2.05) is 25.3 Å². The van der Waals surface area contributed by atoms with Gasteiger partial charge in [-0.1, -0.05) is 6.07 Å². The summed E-state index contributed by atoms with van der Waals surface area (Å²) in [6.07, 6.45) is 7.11. The van der Waals surface area contributed by atoms with Crippen LogP contribution in [0.1, 0.15) is 41.6 Å². The topological polar surface area (TPSA) is 73.3 Å². The summed E-state index contributed by atoms with van der Waals surface area (Å²) in [5.41, 5.74) is 1.58. The van der Waals surface area contributed by atoms with Gasteiger partial charge in [0.25, 0.3) is 5.91 Å². The zero-order chi connectivity index (χ0) is 17.6. The molecule has 1 saturated carbocycles. The summed E-state index contributed by atoms with van der Waals surface area (Å²) in [4.78, 5) is 20.8. The lowest BCUT2D eigenvalue weighted by Gasteiger charge is -2.29. The lowest BCUT2D eigenvalue weighted by molar-refractivity contribution is 0.0886. The second kappa shape index (κ2) is 7.96. The third-order valence-corrected chi connectivity index (χ3v) is 4.39. The van der Waals surface area contributed by atoms with Crippen molar-refractivity contribution in [3.05, 3.63) is 47.8 Å². The van der Waals surface area contributed by atoms with Gasteiger partial charge >= 0.3 is 0 Å². The lowest BCUT2D eigenvalue weighted by atomic mass is 9.92. The fraction of sp³-hybridized carbons (Fsp3) is 0.421. The highest BCUT2D eigenvalue weighted by Gasteiger charge is 2.25. The fourth-order valence-electron chi connectivity index (χ4n) is 3.01. The van der Waals surface area contributed by atoms with E-state index in [2.05, 4.69) is 15.3 Å². The molecule has 0 unspecified atom stereocenters. The van der Waals surface area contributed by atoms with Crippen LogP contribution in [-0.4, -0.2) is 35.1 Å². The lowest BCUT2D eigenvalue weighted by Crippen LogP contribution is -2.39. The maximum atomic E-state index is 12.4. The average molecular weight is 341 g/mol.